The summed E-state index contributed by atoms with van der Waals surface area (Å²) in [5.41, 5.74) is -1.68. The Morgan fingerprint density at radius 1 is 0.921 bits per heavy atom. The Bertz CT molecular complexity index is 1110. The molecule has 5 rings (SSSR count). The third kappa shape index (κ3) is 4.31. The molecule has 8 atom stereocenters. The van der Waals surface area contributed by atoms with Crippen LogP contribution in [0.25, 0.3) is 0 Å². The number of carbonyl (C=O) groups excluding carboxylic acids is 4. The highest BCUT2D eigenvalue weighted by molar-refractivity contribution is 6.39. The highest BCUT2D eigenvalue weighted by Crippen LogP contribution is 2.67. The number of hydrogen-bond donors (Lipinski definition) is 0. The number of aliphatic imine (C=N–C) groups is 1. The van der Waals surface area contributed by atoms with Gasteiger partial charge in [0.05, 0.1) is 44.8 Å². The number of dihydropyridines is 1. The number of alkyl halides is 3. The molecular weight excluding hydrogens is 511 g/mol. The largest absolute Gasteiger partial charge is 0.469 e. The lowest BCUT2D eigenvalue weighted by atomic mass is 9.39. The second-order valence-electron chi connectivity index (χ2n) is 9.74. The maximum Gasteiger partial charge on any atom is 0.415 e. The first-order valence-corrected chi connectivity index (χ1v) is 12.6. The monoisotopic (exact) mass is 541 g/mol. The molecule has 9 nitrogen and oxygen atoms in total. The van der Waals surface area contributed by atoms with Crippen LogP contribution in [-0.4, -0.2) is 69.2 Å². The summed E-state index contributed by atoms with van der Waals surface area (Å²) in [7, 11) is 2.30. The van der Waals surface area contributed by atoms with E-state index in [1.807, 2.05) is 6.92 Å². The summed E-state index contributed by atoms with van der Waals surface area (Å²) in [4.78, 5) is 55.5. The number of methoxy groups -OCH3 is 2. The molecule has 0 aromatic carbocycles. The van der Waals surface area contributed by atoms with Crippen LogP contribution in [0.4, 0.5) is 13.2 Å². The molecule has 0 N–H and O–H groups in total. The fourth-order valence-corrected chi connectivity index (χ4v) is 6.59. The van der Waals surface area contributed by atoms with Gasteiger partial charge >= 0.3 is 30.1 Å². The summed E-state index contributed by atoms with van der Waals surface area (Å²) >= 11 is 0. The molecule has 38 heavy (non-hydrogen) atoms. The van der Waals surface area contributed by atoms with Crippen LogP contribution in [0.5, 0.6) is 0 Å². The molecule has 0 saturated heterocycles. The van der Waals surface area contributed by atoms with E-state index in [0.29, 0.717) is 12.8 Å². The number of allylic oxidation sites excluding steroid dienone is 3. The van der Waals surface area contributed by atoms with Crippen molar-refractivity contribution < 1.29 is 51.3 Å². The first-order chi connectivity index (χ1) is 18.0. The van der Waals surface area contributed by atoms with E-state index in [4.69, 9.17) is 18.9 Å². The van der Waals surface area contributed by atoms with E-state index in [-0.39, 0.29) is 24.5 Å². The van der Waals surface area contributed by atoms with E-state index >= 15 is 0 Å². The smallest absolute Gasteiger partial charge is 0.415 e. The normalized spacial score (nSPS) is 32.9. The van der Waals surface area contributed by atoms with Crippen molar-refractivity contribution in [2.24, 2.45) is 46.4 Å². The Morgan fingerprint density at radius 2 is 1.53 bits per heavy atom. The van der Waals surface area contributed by atoms with Crippen molar-refractivity contribution in [3.63, 3.8) is 0 Å². The molecule has 0 radical (unpaired) electrons. The molecule has 1 aliphatic heterocycles. The number of rotatable bonds is 8. The van der Waals surface area contributed by atoms with Gasteiger partial charge in [-0.15, -0.1) is 0 Å². The Morgan fingerprint density at radius 3 is 2.08 bits per heavy atom. The van der Waals surface area contributed by atoms with Crippen molar-refractivity contribution in [1.29, 1.82) is 0 Å². The van der Waals surface area contributed by atoms with Crippen LogP contribution in [-0.2, 0) is 38.1 Å². The number of unbranched alkanes of at least 4 members (excludes halogenated alkanes) is 1. The average molecular weight is 542 g/mol. The number of hydrogen-bond acceptors (Lipinski definition) is 9. The standard InChI is InChI=1S/C26H30F3NO8/c1-5-7-10-38-24(33)20-18-14-12-9-8-11(15(22(31)35-3)16(12)23(32)36-4)13(14)17(18)19(26(27,28)29)21(30-20)25(34)37-6-2/h8-9,11-16,18,21H,5-7,10H2,1-4H3. The van der Waals surface area contributed by atoms with Gasteiger partial charge in [0, 0.05) is 5.92 Å². The summed E-state index contributed by atoms with van der Waals surface area (Å²) in [5.74, 6) is -9.95. The molecular formula is C26H30F3NO8. The summed E-state index contributed by atoms with van der Waals surface area (Å²) in [5, 5.41) is 0. The van der Waals surface area contributed by atoms with E-state index < -0.39 is 83.1 Å². The number of ether oxygens (including phenoxy) is 4. The highest BCUT2D eigenvalue weighted by atomic mass is 19.4. The molecule has 2 bridgehead atoms. The number of halogens is 3. The first-order valence-electron chi connectivity index (χ1n) is 12.6. The highest BCUT2D eigenvalue weighted by Gasteiger charge is 2.70. The molecule has 2 fully saturated rings. The molecule has 2 saturated carbocycles. The topological polar surface area (TPSA) is 118 Å². The minimum atomic E-state index is -4.97. The second-order valence-corrected chi connectivity index (χ2v) is 9.74. The van der Waals surface area contributed by atoms with E-state index in [1.54, 1.807) is 12.2 Å². The third-order valence-corrected chi connectivity index (χ3v) is 7.97. The maximum atomic E-state index is 14.6. The molecule has 8 unspecified atom stereocenters. The van der Waals surface area contributed by atoms with Crippen LogP contribution >= 0.6 is 0 Å². The number of fused-ring (bicyclic) bond motifs is 2. The van der Waals surface area contributed by atoms with E-state index in [0.717, 1.165) is 14.2 Å². The molecule has 0 aromatic heterocycles. The molecule has 1 heterocycles. The average Bonchev–Trinajstić information content (AvgIpc) is 2.88. The van der Waals surface area contributed by atoms with Crippen LogP contribution in [0.3, 0.4) is 0 Å². The van der Waals surface area contributed by atoms with Gasteiger partial charge in [-0.05, 0) is 42.6 Å². The summed E-state index contributed by atoms with van der Waals surface area (Å²) in [6.07, 6.45) is -0.415. The number of nitrogens with zero attached hydrogens (tertiary/aromatic N) is 1. The van der Waals surface area contributed by atoms with Crippen molar-refractivity contribution in [3.05, 3.63) is 23.3 Å². The number of esters is 4. The fraction of sp³-hybridized carbons (Fsp3) is 0.654. The van der Waals surface area contributed by atoms with Gasteiger partial charge in [0.15, 0.2) is 6.04 Å². The lowest BCUT2D eigenvalue weighted by molar-refractivity contribution is -0.173. The first kappa shape index (κ1) is 27.8. The lowest BCUT2D eigenvalue weighted by Crippen LogP contribution is -2.65. The zero-order valence-electron chi connectivity index (χ0n) is 21.4. The fourth-order valence-electron chi connectivity index (χ4n) is 6.59. The van der Waals surface area contributed by atoms with E-state index in [2.05, 4.69) is 4.99 Å². The van der Waals surface area contributed by atoms with Gasteiger partial charge in [-0.3, -0.25) is 14.6 Å². The zero-order chi connectivity index (χ0) is 27.9. The molecule has 12 heteroatoms. The van der Waals surface area contributed by atoms with Crippen LogP contribution in [0.15, 0.2) is 28.3 Å². The van der Waals surface area contributed by atoms with Crippen molar-refractivity contribution in [2.75, 3.05) is 27.4 Å². The van der Waals surface area contributed by atoms with Gasteiger partial charge in [-0.1, -0.05) is 25.5 Å². The van der Waals surface area contributed by atoms with Gasteiger partial charge in [0.25, 0.3) is 0 Å². The Balaban J connectivity index is 1.88. The van der Waals surface area contributed by atoms with Crippen LogP contribution < -0.4 is 0 Å². The number of carbonyl (C=O) groups is 4. The van der Waals surface area contributed by atoms with E-state index in [9.17, 15) is 32.3 Å². The van der Waals surface area contributed by atoms with Crippen LogP contribution in [0.2, 0.25) is 0 Å². The van der Waals surface area contributed by atoms with Gasteiger partial charge < -0.3 is 18.9 Å². The Kier molecular flexibility index (Phi) is 7.72. The van der Waals surface area contributed by atoms with Gasteiger partial charge in [0.1, 0.15) is 5.71 Å². The lowest BCUT2D eigenvalue weighted by Gasteiger charge is -2.63. The molecule has 5 aliphatic rings. The molecule has 0 spiro atoms. The zero-order valence-corrected chi connectivity index (χ0v) is 21.4. The SMILES string of the molecule is CCCCOC(=O)C1=NC(C(=O)OCC)C(C(F)(F)F)=C2C1C1C3C=CC(C(C(=O)OC)C3C(=O)OC)C21. The van der Waals surface area contributed by atoms with Crippen LogP contribution in [0.1, 0.15) is 26.7 Å². The molecule has 208 valence electrons. The minimum absolute atomic E-state index is 0.0333. The van der Waals surface area contributed by atoms with Crippen molar-refractivity contribution in [1.82, 2.24) is 0 Å². The molecule has 0 aromatic rings. The summed E-state index contributed by atoms with van der Waals surface area (Å²) in [6, 6.07) is -2.10. The van der Waals surface area contributed by atoms with Crippen LogP contribution in [0, 0.1) is 41.4 Å². The predicted octanol–water partition coefficient (Wildman–Crippen LogP) is 2.83. The van der Waals surface area contributed by atoms with Crippen molar-refractivity contribution in [3.8, 4) is 0 Å². The van der Waals surface area contributed by atoms with Gasteiger partial charge in [-0.2, -0.15) is 13.2 Å². The van der Waals surface area contributed by atoms with Crippen molar-refractivity contribution >= 4 is 29.6 Å². The predicted molar refractivity (Wildman–Crippen MR) is 124 cm³/mol. The maximum absolute atomic E-state index is 14.6. The Labute approximate surface area is 217 Å². The van der Waals surface area contributed by atoms with Gasteiger partial charge in [0.2, 0.25) is 0 Å². The van der Waals surface area contributed by atoms with E-state index in [1.165, 1.54) is 6.92 Å². The quantitative estimate of drug-likeness (QED) is 0.199. The third-order valence-electron chi connectivity index (χ3n) is 7.97. The summed E-state index contributed by atoms with van der Waals surface area (Å²) < 4.78 is 63.8. The summed E-state index contributed by atoms with van der Waals surface area (Å²) in [6.45, 7) is 3.18. The van der Waals surface area contributed by atoms with Crippen molar-refractivity contribution in [2.45, 2.75) is 38.9 Å². The Hall–Kier alpha value is -3.18. The molecule has 4 aliphatic carbocycles. The second kappa shape index (κ2) is 10.5. The molecule has 0 amide bonds. The minimum Gasteiger partial charge on any atom is -0.469 e. The van der Waals surface area contributed by atoms with Gasteiger partial charge in [-0.25, -0.2) is 9.59 Å².